The zero-order valence-corrected chi connectivity index (χ0v) is 11.6. The lowest BCUT2D eigenvalue weighted by molar-refractivity contribution is -0.178. The third-order valence-electron chi connectivity index (χ3n) is 2.62. The van der Waals surface area contributed by atoms with Gasteiger partial charge in [0.15, 0.2) is 0 Å². The van der Waals surface area contributed by atoms with Gasteiger partial charge in [-0.25, -0.2) is 4.79 Å². The molecule has 3 heteroatoms. The summed E-state index contributed by atoms with van der Waals surface area (Å²) in [5, 5.41) is 0. The second-order valence-corrected chi connectivity index (χ2v) is 4.12. The number of carbonyl (C=O) groups excluding carboxylic acids is 1. The highest BCUT2D eigenvalue weighted by molar-refractivity contribution is 5.81. The Bertz CT molecular complexity index is 463. The molecule has 0 aliphatic rings. The molecule has 19 heavy (non-hydrogen) atoms. The van der Waals surface area contributed by atoms with Gasteiger partial charge in [-0.05, 0) is 31.9 Å². The average Bonchev–Trinajstić information content (AvgIpc) is 2.39. The smallest absolute Gasteiger partial charge is 0.332 e. The van der Waals surface area contributed by atoms with E-state index in [4.69, 9.17) is 9.47 Å². The number of rotatable bonds is 6. The molecule has 0 amide bonds. The zero-order valence-electron chi connectivity index (χ0n) is 11.6. The van der Waals surface area contributed by atoms with Crippen molar-refractivity contribution in [3.05, 3.63) is 54.1 Å². The fourth-order valence-electron chi connectivity index (χ4n) is 1.81. The Morgan fingerprint density at radius 2 is 2.00 bits per heavy atom. The van der Waals surface area contributed by atoms with Crippen molar-refractivity contribution in [2.24, 2.45) is 0 Å². The van der Waals surface area contributed by atoms with Crippen LogP contribution in [0.15, 0.2) is 43.0 Å². The molecule has 0 saturated heterocycles. The second-order valence-electron chi connectivity index (χ2n) is 4.12. The minimum absolute atomic E-state index is 0.167. The van der Waals surface area contributed by atoms with E-state index in [1.165, 1.54) is 0 Å². The third kappa shape index (κ3) is 4.72. The monoisotopic (exact) mass is 260 g/mol. The number of allylic oxidation sites excluding steroid dienone is 1. The average molecular weight is 260 g/mol. The molecule has 0 saturated carbocycles. The van der Waals surface area contributed by atoms with Gasteiger partial charge in [-0.1, -0.05) is 43.0 Å². The molecule has 3 nitrogen and oxygen atoms in total. The van der Waals surface area contributed by atoms with Crippen LogP contribution in [0.25, 0.3) is 6.08 Å². The summed E-state index contributed by atoms with van der Waals surface area (Å²) in [4.78, 5) is 11.1. The van der Waals surface area contributed by atoms with Crippen molar-refractivity contribution in [1.82, 2.24) is 0 Å². The van der Waals surface area contributed by atoms with Crippen molar-refractivity contribution in [2.75, 3.05) is 0 Å². The SMILES string of the molecule is C=CC(=O)OC(C)OC(C)c1ccccc1/C=C/C. The van der Waals surface area contributed by atoms with E-state index in [0.29, 0.717) is 0 Å². The molecule has 102 valence electrons. The van der Waals surface area contributed by atoms with Crippen molar-refractivity contribution < 1.29 is 14.3 Å². The van der Waals surface area contributed by atoms with E-state index < -0.39 is 12.3 Å². The Hall–Kier alpha value is -1.87. The molecule has 2 unspecified atom stereocenters. The van der Waals surface area contributed by atoms with Crippen molar-refractivity contribution in [1.29, 1.82) is 0 Å². The van der Waals surface area contributed by atoms with E-state index in [9.17, 15) is 4.79 Å². The number of benzene rings is 1. The molecule has 2 atom stereocenters. The van der Waals surface area contributed by atoms with Crippen LogP contribution >= 0.6 is 0 Å². The maximum atomic E-state index is 11.1. The van der Waals surface area contributed by atoms with E-state index in [0.717, 1.165) is 17.2 Å². The second kappa shape index (κ2) is 7.54. The first kappa shape index (κ1) is 15.2. The predicted octanol–water partition coefficient (Wildman–Crippen LogP) is 3.87. The van der Waals surface area contributed by atoms with Crippen molar-refractivity contribution in [3.8, 4) is 0 Å². The van der Waals surface area contributed by atoms with Crippen molar-refractivity contribution >= 4 is 12.0 Å². The normalized spacial score (nSPS) is 14.1. The van der Waals surface area contributed by atoms with E-state index in [2.05, 4.69) is 6.58 Å². The first-order chi connectivity index (χ1) is 9.08. The molecule has 0 heterocycles. The molecule has 1 aromatic carbocycles. The summed E-state index contributed by atoms with van der Waals surface area (Å²) in [6, 6.07) is 7.97. The van der Waals surface area contributed by atoms with Gasteiger partial charge in [0.05, 0.1) is 6.10 Å². The largest absolute Gasteiger partial charge is 0.433 e. The highest BCUT2D eigenvalue weighted by Gasteiger charge is 2.14. The van der Waals surface area contributed by atoms with E-state index in [-0.39, 0.29) is 6.10 Å². The first-order valence-corrected chi connectivity index (χ1v) is 6.28. The van der Waals surface area contributed by atoms with Crippen LogP contribution in [0.4, 0.5) is 0 Å². The standard InChI is InChI=1S/C16H20O3/c1-5-9-14-10-7-8-11-15(14)12(3)18-13(4)19-16(17)6-2/h5-13H,2H2,1,3-4H3/b9-5+. The third-order valence-corrected chi connectivity index (χ3v) is 2.62. The fraction of sp³-hybridized carbons (Fsp3) is 0.312. The number of hydrogen-bond donors (Lipinski definition) is 0. The molecule has 1 aromatic rings. The highest BCUT2D eigenvalue weighted by atomic mass is 16.7. The van der Waals surface area contributed by atoms with E-state index in [1.807, 2.05) is 50.3 Å². The van der Waals surface area contributed by atoms with Crippen LogP contribution in [0.3, 0.4) is 0 Å². The van der Waals surface area contributed by atoms with Crippen LogP contribution in [-0.2, 0) is 14.3 Å². The lowest BCUT2D eigenvalue weighted by Crippen LogP contribution is -2.18. The predicted molar refractivity (Wildman–Crippen MR) is 76.4 cm³/mol. The van der Waals surface area contributed by atoms with Crippen LogP contribution in [0.2, 0.25) is 0 Å². The van der Waals surface area contributed by atoms with Gasteiger partial charge in [-0.3, -0.25) is 0 Å². The Morgan fingerprint density at radius 3 is 2.63 bits per heavy atom. The maximum absolute atomic E-state index is 11.1. The fourth-order valence-corrected chi connectivity index (χ4v) is 1.81. The molecule has 0 aliphatic heterocycles. The summed E-state index contributed by atoms with van der Waals surface area (Å²) in [7, 11) is 0. The summed E-state index contributed by atoms with van der Waals surface area (Å²) in [6.07, 6.45) is 4.35. The van der Waals surface area contributed by atoms with Gasteiger partial charge in [-0.15, -0.1) is 0 Å². The Kier molecular flexibility index (Phi) is 6.03. The van der Waals surface area contributed by atoms with Crippen LogP contribution in [0.1, 0.15) is 38.0 Å². The van der Waals surface area contributed by atoms with E-state index >= 15 is 0 Å². The van der Waals surface area contributed by atoms with Gasteiger partial charge in [-0.2, -0.15) is 0 Å². The van der Waals surface area contributed by atoms with Crippen LogP contribution < -0.4 is 0 Å². The lowest BCUT2D eigenvalue weighted by atomic mass is 10.0. The molecule has 0 N–H and O–H groups in total. The minimum Gasteiger partial charge on any atom is -0.433 e. The summed E-state index contributed by atoms with van der Waals surface area (Å²) >= 11 is 0. The van der Waals surface area contributed by atoms with Crippen LogP contribution in [0, 0.1) is 0 Å². The molecule has 0 radical (unpaired) electrons. The first-order valence-electron chi connectivity index (χ1n) is 6.28. The van der Waals surface area contributed by atoms with Crippen LogP contribution in [-0.4, -0.2) is 12.3 Å². The minimum atomic E-state index is -0.612. The molecule has 0 spiro atoms. The summed E-state index contributed by atoms with van der Waals surface area (Å²) in [5.74, 6) is -0.485. The van der Waals surface area contributed by atoms with Gasteiger partial charge >= 0.3 is 5.97 Å². The maximum Gasteiger partial charge on any atom is 0.332 e. The van der Waals surface area contributed by atoms with Crippen LogP contribution in [0.5, 0.6) is 0 Å². The topological polar surface area (TPSA) is 35.5 Å². The molecule has 0 bridgehead atoms. The lowest BCUT2D eigenvalue weighted by Gasteiger charge is -2.20. The Morgan fingerprint density at radius 1 is 1.32 bits per heavy atom. The molecular weight excluding hydrogens is 240 g/mol. The van der Waals surface area contributed by atoms with Gasteiger partial charge in [0.2, 0.25) is 6.29 Å². The van der Waals surface area contributed by atoms with Gasteiger partial charge in [0.1, 0.15) is 0 Å². The molecule has 1 rings (SSSR count). The summed E-state index contributed by atoms with van der Waals surface area (Å²) < 4.78 is 10.7. The highest BCUT2D eigenvalue weighted by Crippen LogP contribution is 2.23. The molecule has 0 aromatic heterocycles. The van der Waals surface area contributed by atoms with Gasteiger partial charge < -0.3 is 9.47 Å². The zero-order chi connectivity index (χ0) is 14.3. The Labute approximate surface area is 114 Å². The number of ether oxygens (including phenoxy) is 2. The molecule has 0 fully saturated rings. The number of esters is 1. The van der Waals surface area contributed by atoms with Gasteiger partial charge in [0, 0.05) is 6.08 Å². The molecule has 0 aliphatic carbocycles. The van der Waals surface area contributed by atoms with Crippen molar-refractivity contribution in [2.45, 2.75) is 33.2 Å². The summed E-state index contributed by atoms with van der Waals surface area (Å²) in [5.41, 5.74) is 2.15. The van der Waals surface area contributed by atoms with E-state index in [1.54, 1.807) is 6.92 Å². The molecular formula is C16H20O3. The summed E-state index contributed by atoms with van der Waals surface area (Å²) in [6.45, 7) is 8.94. The van der Waals surface area contributed by atoms with Crippen molar-refractivity contribution in [3.63, 3.8) is 0 Å². The quantitative estimate of drug-likeness (QED) is 0.442. The number of hydrogen-bond acceptors (Lipinski definition) is 3. The van der Waals surface area contributed by atoms with Gasteiger partial charge in [0.25, 0.3) is 0 Å². The number of carbonyl (C=O) groups is 1. The Balaban J connectivity index is 2.75.